The second kappa shape index (κ2) is 12.0. The van der Waals surface area contributed by atoms with Gasteiger partial charge in [0.15, 0.2) is 0 Å². The van der Waals surface area contributed by atoms with Crippen molar-refractivity contribution in [2.24, 2.45) is 5.92 Å². The largest absolute Gasteiger partial charge is 0.490 e. The van der Waals surface area contributed by atoms with E-state index in [0.29, 0.717) is 12.5 Å². The molecule has 1 aliphatic carbocycles. The van der Waals surface area contributed by atoms with Gasteiger partial charge in [-0.25, -0.2) is 0 Å². The molecule has 1 amide bonds. The monoisotopic (exact) mass is 479 g/mol. The van der Waals surface area contributed by atoms with Crippen LogP contribution in [0.15, 0.2) is 42.5 Å². The van der Waals surface area contributed by atoms with Crippen LogP contribution in [-0.4, -0.2) is 61.3 Å². The summed E-state index contributed by atoms with van der Waals surface area (Å²) in [7, 11) is 1.91. The molecule has 0 unspecified atom stereocenters. The van der Waals surface area contributed by atoms with Crippen molar-refractivity contribution < 1.29 is 14.6 Å². The van der Waals surface area contributed by atoms with Crippen LogP contribution in [0.25, 0.3) is 0 Å². The number of anilines is 1. The van der Waals surface area contributed by atoms with E-state index >= 15 is 0 Å². The van der Waals surface area contributed by atoms with Crippen molar-refractivity contribution >= 4 is 11.6 Å². The van der Waals surface area contributed by atoms with Gasteiger partial charge in [0.25, 0.3) is 0 Å². The number of carbonyl (C=O) groups is 1. The quantitative estimate of drug-likeness (QED) is 0.601. The van der Waals surface area contributed by atoms with E-state index in [1.165, 1.54) is 11.1 Å². The molecular weight excluding hydrogens is 438 g/mol. The average molecular weight is 480 g/mol. The smallest absolute Gasteiger partial charge is 0.229 e. The second-order valence-corrected chi connectivity index (χ2v) is 10.3. The third kappa shape index (κ3) is 6.84. The highest BCUT2D eigenvalue weighted by atomic mass is 16.5. The minimum atomic E-state index is 0.0443. The lowest BCUT2D eigenvalue weighted by atomic mass is 9.86. The molecule has 4 rings (SSSR count). The Hall–Kier alpha value is -2.41. The van der Waals surface area contributed by atoms with Crippen LogP contribution in [-0.2, 0) is 17.8 Å². The molecule has 190 valence electrons. The standard InChI is InChI=1S/C29H41N3O3/c1-21-17-26(10-7-25(21)20-32-15-14-30-22(2)19-32)31(3)29(34)24-8-11-27(12-9-24)35-28-6-4-5-23(18-28)13-16-33/h4-7,10,17-18,22,24,27,30,33H,8-9,11-16,19-20H2,1-3H3/t22-,24?,27?/m0/s1. The molecule has 6 heteroatoms. The number of rotatable bonds is 8. The van der Waals surface area contributed by atoms with E-state index in [-0.39, 0.29) is 24.5 Å². The maximum atomic E-state index is 13.3. The molecule has 2 fully saturated rings. The number of piperazine rings is 1. The van der Waals surface area contributed by atoms with Crippen molar-refractivity contribution in [1.82, 2.24) is 10.2 Å². The lowest BCUT2D eigenvalue weighted by Gasteiger charge is -2.32. The normalized spacial score (nSPS) is 23.1. The highest BCUT2D eigenvalue weighted by molar-refractivity contribution is 5.94. The number of hydrogen-bond donors (Lipinski definition) is 2. The summed E-state index contributed by atoms with van der Waals surface area (Å²) in [5, 5.41) is 12.7. The molecular formula is C29H41N3O3. The second-order valence-electron chi connectivity index (χ2n) is 10.3. The fourth-order valence-corrected chi connectivity index (χ4v) is 5.39. The molecule has 2 aromatic rings. The number of aliphatic hydroxyl groups excluding tert-OH is 1. The molecule has 1 aliphatic heterocycles. The molecule has 1 atom stereocenters. The Labute approximate surface area is 210 Å². The summed E-state index contributed by atoms with van der Waals surface area (Å²) in [4.78, 5) is 17.6. The molecule has 2 aliphatic rings. The Morgan fingerprint density at radius 1 is 1.17 bits per heavy atom. The van der Waals surface area contributed by atoms with Gasteiger partial charge in [0.2, 0.25) is 5.91 Å². The van der Waals surface area contributed by atoms with E-state index in [1.54, 1.807) is 0 Å². The summed E-state index contributed by atoms with van der Waals surface area (Å²) >= 11 is 0. The lowest BCUT2D eigenvalue weighted by Crippen LogP contribution is -2.48. The zero-order valence-electron chi connectivity index (χ0n) is 21.5. The molecule has 6 nitrogen and oxygen atoms in total. The topological polar surface area (TPSA) is 65.0 Å². The van der Waals surface area contributed by atoms with Gasteiger partial charge in [0.05, 0.1) is 6.10 Å². The number of amides is 1. The molecule has 0 bridgehead atoms. The number of benzene rings is 2. The number of hydrogen-bond acceptors (Lipinski definition) is 5. The highest BCUT2D eigenvalue weighted by Crippen LogP contribution is 2.31. The first-order valence-corrected chi connectivity index (χ1v) is 13.1. The first-order valence-electron chi connectivity index (χ1n) is 13.1. The Kier molecular flexibility index (Phi) is 8.82. The molecule has 2 N–H and O–H groups in total. The summed E-state index contributed by atoms with van der Waals surface area (Å²) in [6, 6.07) is 14.9. The van der Waals surface area contributed by atoms with Gasteiger partial charge in [0.1, 0.15) is 5.75 Å². The molecule has 1 heterocycles. The number of carbonyl (C=O) groups excluding carboxylic acids is 1. The maximum Gasteiger partial charge on any atom is 0.229 e. The molecule has 0 aromatic heterocycles. The van der Waals surface area contributed by atoms with Crippen molar-refractivity contribution in [2.45, 2.75) is 64.6 Å². The number of nitrogens with one attached hydrogen (secondary N) is 1. The van der Waals surface area contributed by atoms with E-state index < -0.39 is 0 Å². The maximum absolute atomic E-state index is 13.3. The predicted octanol–water partition coefficient (Wildman–Crippen LogP) is 3.92. The van der Waals surface area contributed by atoms with Crippen LogP contribution in [0.5, 0.6) is 5.75 Å². The third-order valence-corrected chi connectivity index (χ3v) is 7.52. The van der Waals surface area contributed by atoms with Crippen molar-refractivity contribution in [3.05, 3.63) is 59.2 Å². The van der Waals surface area contributed by atoms with Gasteiger partial charge in [-0.1, -0.05) is 18.2 Å². The highest BCUT2D eigenvalue weighted by Gasteiger charge is 2.30. The van der Waals surface area contributed by atoms with Gasteiger partial charge in [-0.15, -0.1) is 0 Å². The molecule has 0 radical (unpaired) electrons. The summed E-state index contributed by atoms with van der Waals surface area (Å²) in [6.45, 7) is 8.67. The molecule has 2 aromatic carbocycles. The Morgan fingerprint density at radius 3 is 2.69 bits per heavy atom. The van der Waals surface area contributed by atoms with Crippen LogP contribution in [0, 0.1) is 12.8 Å². The summed E-state index contributed by atoms with van der Waals surface area (Å²) in [6.07, 6.45) is 4.25. The van der Waals surface area contributed by atoms with Crippen LogP contribution < -0.4 is 15.0 Å². The number of aliphatic hydroxyl groups is 1. The Morgan fingerprint density at radius 2 is 1.97 bits per heavy atom. The molecule has 1 saturated heterocycles. The molecule has 0 spiro atoms. The van der Waals surface area contributed by atoms with Gasteiger partial charge >= 0.3 is 0 Å². The summed E-state index contributed by atoms with van der Waals surface area (Å²) in [5.41, 5.74) is 4.64. The minimum absolute atomic E-state index is 0.0443. The van der Waals surface area contributed by atoms with E-state index in [0.717, 1.165) is 68.9 Å². The van der Waals surface area contributed by atoms with Crippen LogP contribution in [0.1, 0.15) is 49.3 Å². The van der Waals surface area contributed by atoms with Crippen molar-refractivity contribution in [1.29, 1.82) is 0 Å². The Balaban J connectivity index is 1.29. The first-order chi connectivity index (χ1) is 16.9. The van der Waals surface area contributed by atoms with Crippen molar-refractivity contribution in [3.8, 4) is 5.75 Å². The van der Waals surface area contributed by atoms with Crippen LogP contribution in [0.4, 0.5) is 5.69 Å². The summed E-state index contributed by atoms with van der Waals surface area (Å²) < 4.78 is 6.20. The lowest BCUT2D eigenvalue weighted by molar-refractivity contribution is -0.123. The molecule has 1 saturated carbocycles. The minimum Gasteiger partial charge on any atom is -0.490 e. The van der Waals surface area contributed by atoms with Gasteiger partial charge in [-0.05, 0) is 86.9 Å². The van der Waals surface area contributed by atoms with Crippen LogP contribution in [0.3, 0.4) is 0 Å². The van der Waals surface area contributed by atoms with Gasteiger partial charge in [-0.3, -0.25) is 9.69 Å². The molecule has 35 heavy (non-hydrogen) atoms. The van der Waals surface area contributed by atoms with Crippen LogP contribution >= 0.6 is 0 Å². The fraction of sp³-hybridized carbons (Fsp3) is 0.552. The SMILES string of the molecule is Cc1cc(N(C)C(=O)C2CCC(Oc3cccc(CCO)c3)CC2)ccc1CN1CCN[C@@H](C)C1. The van der Waals surface area contributed by atoms with Gasteiger partial charge in [-0.2, -0.15) is 0 Å². The van der Waals surface area contributed by atoms with Crippen LogP contribution in [0.2, 0.25) is 0 Å². The number of aryl methyl sites for hydroxylation is 1. The first kappa shape index (κ1) is 25.7. The zero-order valence-corrected chi connectivity index (χ0v) is 21.5. The van der Waals surface area contributed by atoms with E-state index in [2.05, 4.69) is 42.3 Å². The number of ether oxygens (including phenoxy) is 1. The number of nitrogens with zero attached hydrogens (tertiary/aromatic N) is 2. The third-order valence-electron chi connectivity index (χ3n) is 7.52. The van der Waals surface area contributed by atoms with E-state index in [1.807, 2.05) is 36.2 Å². The average Bonchev–Trinajstić information content (AvgIpc) is 2.85. The zero-order chi connectivity index (χ0) is 24.8. The Bertz CT molecular complexity index is 987. The van der Waals surface area contributed by atoms with Crippen molar-refractivity contribution in [2.75, 3.05) is 38.2 Å². The van der Waals surface area contributed by atoms with Crippen molar-refractivity contribution in [3.63, 3.8) is 0 Å². The fourth-order valence-electron chi connectivity index (χ4n) is 5.39. The predicted molar refractivity (Wildman–Crippen MR) is 141 cm³/mol. The van der Waals surface area contributed by atoms with Gasteiger partial charge in [0, 0.05) is 57.5 Å². The van der Waals surface area contributed by atoms with Gasteiger partial charge < -0.3 is 20.1 Å². The van der Waals surface area contributed by atoms with E-state index in [4.69, 9.17) is 9.84 Å². The summed E-state index contributed by atoms with van der Waals surface area (Å²) in [5.74, 6) is 1.10. The van der Waals surface area contributed by atoms with E-state index in [9.17, 15) is 4.79 Å².